The number of anilines is 1. The second kappa shape index (κ2) is 7.03. The average molecular weight is 400 g/mol. The summed E-state index contributed by atoms with van der Waals surface area (Å²) in [5.41, 5.74) is 5.89. The summed E-state index contributed by atoms with van der Waals surface area (Å²) in [6.07, 6.45) is 6.84. The molecule has 1 unspecified atom stereocenters. The van der Waals surface area contributed by atoms with Crippen molar-refractivity contribution in [2.45, 2.75) is 68.2 Å². The molecule has 0 aromatic carbocycles. The third-order valence-corrected chi connectivity index (χ3v) is 8.21. The van der Waals surface area contributed by atoms with Gasteiger partial charge in [-0.15, -0.1) is 10.2 Å². The van der Waals surface area contributed by atoms with Gasteiger partial charge in [0.1, 0.15) is 0 Å². The highest BCUT2D eigenvalue weighted by Gasteiger charge is 2.39. The molecule has 3 aliphatic rings. The lowest BCUT2D eigenvalue weighted by molar-refractivity contribution is -0.132. The molecule has 1 amide bonds. The highest BCUT2D eigenvalue weighted by Crippen LogP contribution is 2.39. The lowest BCUT2D eigenvalue weighted by Crippen LogP contribution is -2.47. The summed E-state index contributed by atoms with van der Waals surface area (Å²) in [7, 11) is -3.02. The number of thioether (sulfide) groups is 1. The molecule has 4 rings (SSSR count). The minimum Gasteiger partial charge on any atom is -0.368 e. The van der Waals surface area contributed by atoms with Gasteiger partial charge in [0.05, 0.1) is 17.3 Å². The van der Waals surface area contributed by atoms with Crippen molar-refractivity contribution >= 4 is 33.5 Å². The first kappa shape index (κ1) is 18.1. The lowest BCUT2D eigenvalue weighted by atomic mass is 10.1. The Balaban J connectivity index is 1.46. The maximum atomic E-state index is 13.0. The van der Waals surface area contributed by atoms with E-state index in [9.17, 15) is 13.2 Å². The minimum absolute atomic E-state index is 0.00733. The third-order valence-electron chi connectivity index (χ3n) is 5.54. The summed E-state index contributed by atoms with van der Waals surface area (Å²) in [5.74, 6) is 0.946. The SMILES string of the molecule is Nc1nnc(SCC(=O)N(C2CCCC2)C2CCS(=O)(=O)C2)n1C1CC1. The van der Waals surface area contributed by atoms with Crippen molar-refractivity contribution in [2.75, 3.05) is 23.0 Å². The van der Waals surface area contributed by atoms with Crippen molar-refractivity contribution in [1.82, 2.24) is 19.7 Å². The van der Waals surface area contributed by atoms with E-state index in [4.69, 9.17) is 5.73 Å². The highest BCUT2D eigenvalue weighted by molar-refractivity contribution is 7.99. The summed E-state index contributed by atoms with van der Waals surface area (Å²) in [5, 5.41) is 8.73. The maximum absolute atomic E-state index is 13.0. The first-order valence-corrected chi connectivity index (χ1v) is 12.1. The Morgan fingerprint density at radius 1 is 1.15 bits per heavy atom. The summed E-state index contributed by atoms with van der Waals surface area (Å²) in [6, 6.07) is 0.351. The van der Waals surface area contributed by atoms with Crippen molar-refractivity contribution in [3.05, 3.63) is 0 Å². The molecule has 0 spiro atoms. The summed E-state index contributed by atoms with van der Waals surface area (Å²) >= 11 is 1.36. The Labute approximate surface area is 157 Å². The van der Waals surface area contributed by atoms with Crippen LogP contribution < -0.4 is 5.73 Å². The third kappa shape index (κ3) is 3.71. The molecular formula is C16H25N5O3S2. The van der Waals surface area contributed by atoms with E-state index in [1.807, 2.05) is 9.47 Å². The van der Waals surface area contributed by atoms with Gasteiger partial charge in [-0.25, -0.2) is 8.42 Å². The van der Waals surface area contributed by atoms with Crippen LogP contribution in [0.25, 0.3) is 0 Å². The molecule has 3 fully saturated rings. The van der Waals surface area contributed by atoms with E-state index >= 15 is 0 Å². The second-order valence-corrected chi connectivity index (χ2v) is 10.7. The lowest BCUT2D eigenvalue weighted by Gasteiger charge is -2.34. The minimum atomic E-state index is -3.02. The zero-order valence-corrected chi connectivity index (χ0v) is 16.3. The maximum Gasteiger partial charge on any atom is 0.233 e. The van der Waals surface area contributed by atoms with Gasteiger partial charge in [-0.05, 0) is 32.1 Å². The van der Waals surface area contributed by atoms with Crippen molar-refractivity contribution in [2.24, 2.45) is 0 Å². The standard InChI is InChI=1S/C16H25N5O3S2/c17-15-18-19-16(21(15)12-5-6-12)25-9-14(22)20(11-3-1-2-4-11)13-7-8-26(23,24)10-13/h11-13H,1-10H2,(H2,17,18). The predicted molar refractivity (Wildman–Crippen MR) is 99.6 cm³/mol. The molecule has 1 saturated heterocycles. The Morgan fingerprint density at radius 2 is 1.88 bits per heavy atom. The van der Waals surface area contributed by atoms with Gasteiger partial charge in [-0.3, -0.25) is 9.36 Å². The molecule has 2 saturated carbocycles. The Morgan fingerprint density at radius 3 is 2.50 bits per heavy atom. The van der Waals surface area contributed by atoms with Crippen LogP contribution >= 0.6 is 11.8 Å². The topological polar surface area (TPSA) is 111 Å². The van der Waals surface area contributed by atoms with E-state index in [0.29, 0.717) is 23.6 Å². The number of nitrogens with two attached hydrogens (primary N) is 1. The number of sulfone groups is 1. The quantitative estimate of drug-likeness (QED) is 0.717. The number of nitrogen functional groups attached to an aromatic ring is 1. The molecular weight excluding hydrogens is 374 g/mol. The van der Waals surface area contributed by atoms with E-state index in [2.05, 4.69) is 10.2 Å². The van der Waals surface area contributed by atoms with Crippen molar-refractivity contribution in [1.29, 1.82) is 0 Å². The first-order valence-electron chi connectivity index (χ1n) is 9.29. The Kier molecular flexibility index (Phi) is 4.89. The van der Waals surface area contributed by atoms with Crippen LogP contribution in [-0.4, -0.2) is 63.3 Å². The Hall–Kier alpha value is -1.29. The molecule has 0 bridgehead atoms. The molecule has 8 nitrogen and oxygen atoms in total. The van der Waals surface area contributed by atoms with Crippen molar-refractivity contribution in [3.63, 3.8) is 0 Å². The molecule has 2 heterocycles. The summed E-state index contributed by atoms with van der Waals surface area (Å²) < 4.78 is 25.7. The van der Waals surface area contributed by atoms with Gasteiger partial charge in [0.25, 0.3) is 0 Å². The van der Waals surface area contributed by atoms with Gasteiger partial charge in [0.15, 0.2) is 15.0 Å². The van der Waals surface area contributed by atoms with Gasteiger partial charge in [-0.1, -0.05) is 24.6 Å². The van der Waals surface area contributed by atoms with E-state index in [1.54, 1.807) is 0 Å². The van der Waals surface area contributed by atoms with Crippen molar-refractivity contribution in [3.8, 4) is 0 Å². The zero-order valence-electron chi connectivity index (χ0n) is 14.7. The van der Waals surface area contributed by atoms with Gasteiger partial charge in [0.2, 0.25) is 11.9 Å². The molecule has 1 aliphatic heterocycles. The van der Waals surface area contributed by atoms with Crippen LogP contribution in [0.15, 0.2) is 5.16 Å². The number of carbonyl (C=O) groups excluding carboxylic acids is 1. The summed E-state index contributed by atoms with van der Waals surface area (Å²) in [6.45, 7) is 0. The van der Waals surface area contributed by atoms with Crippen LogP contribution in [0, 0.1) is 0 Å². The monoisotopic (exact) mass is 399 g/mol. The number of nitrogens with zero attached hydrogens (tertiary/aromatic N) is 4. The fourth-order valence-electron chi connectivity index (χ4n) is 4.15. The predicted octanol–water partition coefficient (Wildman–Crippen LogP) is 1.25. The van der Waals surface area contributed by atoms with Crippen LogP contribution in [0.5, 0.6) is 0 Å². The fourth-order valence-corrected chi connectivity index (χ4v) is 6.74. The number of carbonyl (C=O) groups is 1. The van der Waals surface area contributed by atoms with Gasteiger partial charge in [0, 0.05) is 18.1 Å². The molecule has 10 heteroatoms. The van der Waals surface area contributed by atoms with Crippen molar-refractivity contribution < 1.29 is 13.2 Å². The van der Waals surface area contributed by atoms with Crippen LogP contribution in [-0.2, 0) is 14.6 Å². The number of rotatable bonds is 6. The molecule has 26 heavy (non-hydrogen) atoms. The molecule has 0 radical (unpaired) electrons. The normalized spacial score (nSPS) is 25.6. The van der Waals surface area contributed by atoms with Gasteiger partial charge < -0.3 is 10.6 Å². The van der Waals surface area contributed by atoms with E-state index in [1.165, 1.54) is 11.8 Å². The molecule has 2 N–H and O–H groups in total. The van der Waals surface area contributed by atoms with Gasteiger partial charge >= 0.3 is 0 Å². The van der Waals surface area contributed by atoms with E-state index in [-0.39, 0.29) is 35.2 Å². The fraction of sp³-hybridized carbons (Fsp3) is 0.812. The molecule has 1 aromatic heterocycles. The van der Waals surface area contributed by atoms with Crippen LogP contribution in [0.2, 0.25) is 0 Å². The molecule has 2 aliphatic carbocycles. The zero-order chi connectivity index (χ0) is 18.3. The van der Waals surface area contributed by atoms with Gasteiger partial charge in [-0.2, -0.15) is 0 Å². The number of hydrogen-bond acceptors (Lipinski definition) is 7. The smallest absolute Gasteiger partial charge is 0.233 e. The first-order chi connectivity index (χ1) is 12.4. The molecule has 144 valence electrons. The second-order valence-electron chi connectivity index (χ2n) is 7.53. The molecule has 1 atom stereocenters. The number of hydrogen-bond donors (Lipinski definition) is 1. The summed E-state index contributed by atoms with van der Waals surface area (Å²) in [4.78, 5) is 14.9. The van der Waals surface area contributed by atoms with E-state index < -0.39 is 9.84 Å². The highest BCUT2D eigenvalue weighted by atomic mass is 32.2. The van der Waals surface area contributed by atoms with Crippen LogP contribution in [0.4, 0.5) is 5.95 Å². The Bertz CT molecular complexity index is 784. The van der Waals surface area contributed by atoms with Crippen LogP contribution in [0.3, 0.4) is 0 Å². The molecule has 1 aromatic rings. The largest absolute Gasteiger partial charge is 0.368 e. The van der Waals surface area contributed by atoms with E-state index in [0.717, 1.165) is 38.5 Å². The number of amides is 1. The van der Waals surface area contributed by atoms with Crippen LogP contribution in [0.1, 0.15) is 51.0 Å². The average Bonchev–Trinajstić information content (AvgIpc) is 2.99. The number of aromatic nitrogens is 3.